The molecule has 0 spiro atoms. The van der Waals surface area contributed by atoms with E-state index in [9.17, 15) is 0 Å². The Morgan fingerprint density at radius 2 is 2.06 bits per heavy atom. The van der Waals surface area contributed by atoms with Crippen molar-refractivity contribution in [3.63, 3.8) is 0 Å². The number of furan rings is 1. The zero-order valence-corrected chi connectivity index (χ0v) is 11.3. The largest absolute Gasteiger partial charge is 0.464 e. The Kier molecular flexibility index (Phi) is 3.52. The van der Waals surface area contributed by atoms with Gasteiger partial charge in [0.25, 0.3) is 0 Å². The van der Waals surface area contributed by atoms with E-state index in [1.54, 1.807) is 0 Å². The lowest BCUT2D eigenvalue weighted by molar-refractivity contribution is 0.339. The summed E-state index contributed by atoms with van der Waals surface area (Å²) in [6, 6.07) is 3.77. The summed E-state index contributed by atoms with van der Waals surface area (Å²) in [4.78, 5) is 4.34. The minimum absolute atomic E-state index is 0.0460. The van der Waals surface area contributed by atoms with Crippen LogP contribution < -0.4 is 5.73 Å². The van der Waals surface area contributed by atoms with E-state index < -0.39 is 0 Å². The molecule has 2 unspecified atom stereocenters. The van der Waals surface area contributed by atoms with E-state index in [-0.39, 0.29) is 12.1 Å². The molecule has 0 saturated carbocycles. The second-order valence-corrected chi connectivity index (χ2v) is 4.62. The van der Waals surface area contributed by atoms with Crippen molar-refractivity contribution in [3.05, 3.63) is 35.3 Å². The van der Waals surface area contributed by atoms with Crippen molar-refractivity contribution in [1.29, 1.82) is 0 Å². The SMILES string of the molecule is CCC(N)C(c1ccc(C)o1)n1nc(C)nc1C. The van der Waals surface area contributed by atoms with Crippen molar-refractivity contribution >= 4 is 0 Å². The zero-order valence-electron chi connectivity index (χ0n) is 11.3. The summed E-state index contributed by atoms with van der Waals surface area (Å²) in [5.41, 5.74) is 6.22. The van der Waals surface area contributed by atoms with Gasteiger partial charge >= 0.3 is 0 Å². The topological polar surface area (TPSA) is 69.9 Å². The first kappa shape index (κ1) is 12.8. The molecule has 0 aromatic carbocycles. The fourth-order valence-electron chi connectivity index (χ4n) is 2.15. The molecular formula is C13H20N4O. The first-order valence-corrected chi connectivity index (χ1v) is 6.24. The Labute approximate surface area is 107 Å². The van der Waals surface area contributed by atoms with E-state index in [1.165, 1.54) is 0 Å². The van der Waals surface area contributed by atoms with Gasteiger partial charge in [0.15, 0.2) is 0 Å². The van der Waals surface area contributed by atoms with E-state index in [0.29, 0.717) is 0 Å². The maximum absolute atomic E-state index is 6.22. The molecule has 2 aromatic rings. The average molecular weight is 248 g/mol. The molecule has 5 heteroatoms. The average Bonchev–Trinajstić information content (AvgIpc) is 2.86. The molecule has 0 radical (unpaired) electrons. The molecule has 0 fully saturated rings. The van der Waals surface area contributed by atoms with Gasteiger partial charge in [0.1, 0.15) is 29.2 Å². The van der Waals surface area contributed by atoms with E-state index in [2.05, 4.69) is 17.0 Å². The van der Waals surface area contributed by atoms with Gasteiger partial charge in [-0.05, 0) is 39.3 Å². The third-order valence-corrected chi connectivity index (χ3v) is 3.10. The zero-order chi connectivity index (χ0) is 13.3. The summed E-state index contributed by atoms with van der Waals surface area (Å²) in [5.74, 6) is 3.34. The highest BCUT2D eigenvalue weighted by molar-refractivity contribution is 5.14. The number of aryl methyl sites for hydroxylation is 3. The summed E-state index contributed by atoms with van der Waals surface area (Å²) >= 11 is 0. The summed E-state index contributed by atoms with van der Waals surface area (Å²) in [6.45, 7) is 7.81. The first-order valence-electron chi connectivity index (χ1n) is 6.24. The third-order valence-electron chi connectivity index (χ3n) is 3.10. The number of rotatable bonds is 4. The number of nitrogens with zero attached hydrogens (tertiary/aromatic N) is 3. The van der Waals surface area contributed by atoms with Crippen molar-refractivity contribution in [2.75, 3.05) is 0 Å². The van der Waals surface area contributed by atoms with Gasteiger partial charge in [-0.25, -0.2) is 9.67 Å². The summed E-state index contributed by atoms with van der Waals surface area (Å²) in [7, 11) is 0. The van der Waals surface area contributed by atoms with Crippen molar-refractivity contribution in [2.45, 2.75) is 46.2 Å². The molecule has 0 saturated heterocycles. The lowest BCUT2D eigenvalue weighted by Crippen LogP contribution is -2.33. The fraction of sp³-hybridized carbons (Fsp3) is 0.538. The van der Waals surface area contributed by atoms with Gasteiger partial charge in [-0.15, -0.1) is 0 Å². The van der Waals surface area contributed by atoms with Gasteiger partial charge in [0.05, 0.1) is 0 Å². The molecule has 0 bridgehead atoms. The molecule has 2 atom stereocenters. The van der Waals surface area contributed by atoms with Crippen LogP contribution in [0.5, 0.6) is 0 Å². The van der Waals surface area contributed by atoms with E-state index in [4.69, 9.17) is 10.2 Å². The number of nitrogens with two attached hydrogens (primary N) is 1. The molecule has 2 heterocycles. The minimum Gasteiger partial charge on any atom is -0.464 e. The summed E-state index contributed by atoms with van der Waals surface area (Å²) in [5, 5.41) is 4.43. The monoisotopic (exact) mass is 248 g/mol. The van der Waals surface area contributed by atoms with Crippen LogP contribution in [0.15, 0.2) is 16.5 Å². The predicted octanol–water partition coefficient (Wildman–Crippen LogP) is 2.12. The fourth-order valence-corrected chi connectivity index (χ4v) is 2.15. The molecule has 18 heavy (non-hydrogen) atoms. The first-order chi connectivity index (χ1) is 8.52. The van der Waals surface area contributed by atoms with Gasteiger partial charge in [-0.3, -0.25) is 0 Å². The van der Waals surface area contributed by atoms with E-state index in [1.807, 2.05) is 37.6 Å². The molecule has 2 aromatic heterocycles. The summed E-state index contributed by atoms with van der Waals surface area (Å²) < 4.78 is 7.58. The lowest BCUT2D eigenvalue weighted by atomic mass is 10.0. The van der Waals surface area contributed by atoms with Crippen molar-refractivity contribution < 1.29 is 4.42 Å². The van der Waals surface area contributed by atoms with Crippen LogP contribution in [-0.4, -0.2) is 20.8 Å². The van der Waals surface area contributed by atoms with Gasteiger partial charge in [-0.2, -0.15) is 5.10 Å². The van der Waals surface area contributed by atoms with Crippen LogP contribution in [0.1, 0.15) is 42.6 Å². The van der Waals surface area contributed by atoms with E-state index in [0.717, 1.165) is 29.6 Å². The van der Waals surface area contributed by atoms with Gasteiger partial charge < -0.3 is 10.2 Å². The van der Waals surface area contributed by atoms with Crippen molar-refractivity contribution in [1.82, 2.24) is 14.8 Å². The Morgan fingerprint density at radius 3 is 2.50 bits per heavy atom. The van der Waals surface area contributed by atoms with Crippen LogP contribution >= 0.6 is 0 Å². The summed E-state index contributed by atoms with van der Waals surface area (Å²) in [6.07, 6.45) is 0.850. The number of hydrogen-bond acceptors (Lipinski definition) is 4. The van der Waals surface area contributed by atoms with Crippen LogP contribution in [0, 0.1) is 20.8 Å². The maximum Gasteiger partial charge on any atom is 0.147 e. The lowest BCUT2D eigenvalue weighted by Gasteiger charge is -2.22. The molecule has 0 aliphatic carbocycles. The normalized spacial score (nSPS) is 14.7. The molecular weight excluding hydrogens is 228 g/mol. The third kappa shape index (κ3) is 2.31. The number of aromatic nitrogens is 3. The Bertz CT molecular complexity index is 529. The van der Waals surface area contributed by atoms with Crippen LogP contribution in [0.3, 0.4) is 0 Å². The Balaban J connectivity index is 2.46. The maximum atomic E-state index is 6.22. The van der Waals surface area contributed by atoms with Crippen molar-refractivity contribution in [3.8, 4) is 0 Å². The second kappa shape index (κ2) is 4.94. The van der Waals surface area contributed by atoms with Gasteiger partial charge in [0.2, 0.25) is 0 Å². The highest BCUT2D eigenvalue weighted by atomic mass is 16.3. The molecule has 98 valence electrons. The Morgan fingerprint density at radius 1 is 1.33 bits per heavy atom. The molecule has 0 aliphatic rings. The van der Waals surface area contributed by atoms with E-state index >= 15 is 0 Å². The second-order valence-electron chi connectivity index (χ2n) is 4.62. The van der Waals surface area contributed by atoms with Crippen molar-refractivity contribution in [2.24, 2.45) is 5.73 Å². The van der Waals surface area contributed by atoms with Gasteiger partial charge in [-0.1, -0.05) is 6.92 Å². The molecule has 0 amide bonds. The van der Waals surface area contributed by atoms with Crippen LogP contribution in [0.25, 0.3) is 0 Å². The molecule has 2 rings (SSSR count). The molecule has 0 aliphatic heterocycles. The highest BCUT2D eigenvalue weighted by Gasteiger charge is 2.26. The van der Waals surface area contributed by atoms with Crippen LogP contribution in [-0.2, 0) is 0 Å². The molecule has 5 nitrogen and oxygen atoms in total. The van der Waals surface area contributed by atoms with Crippen LogP contribution in [0.4, 0.5) is 0 Å². The quantitative estimate of drug-likeness (QED) is 0.899. The molecule has 2 N–H and O–H groups in total. The standard InChI is InChI=1S/C13H20N4O/c1-5-11(14)13(12-7-6-8(2)18-12)17-10(4)15-9(3)16-17/h6-7,11,13H,5,14H2,1-4H3. The smallest absolute Gasteiger partial charge is 0.147 e. The highest BCUT2D eigenvalue weighted by Crippen LogP contribution is 2.25. The van der Waals surface area contributed by atoms with Gasteiger partial charge in [0, 0.05) is 6.04 Å². The Hall–Kier alpha value is -1.62. The van der Waals surface area contributed by atoms with Crippen LogP contribution in [0.2, 0.25) is 0 Å². The minimum atomic E-state index is -0.0927. The predicted molar refractivity (Wildman–Crippen MR) is 69.3 cm³/mol. The number of hydrogen-bond donors (Lipinski definition) is 1.